The minimum Gasteiger partial charge on any atom is -0.493 e. The molecule has 10 nitrogen and oxygen atoms in total. The molecule has 0 saturated carbocycles. The third-order valence-corrected chi connectivity index (χ3v) is 5.84. The second-order valence-electron chi connectivity index (χ2n) is 8.89. The monoisotopic (exact) mass is 554 g/mol. The van der Waals surface area contributed by atoms with E-state index in [1.807, 2.05) is 38.1 Å². The van der Waals surface area contributed by atoms with E-state index < -0.39 is 0 Å². The highest BCUT2D eigenvalue weighted by atomic mass is 16.5. The van der Waals surface area contributed by atoms with E-state index in [1.165, 1.54) is 0 Å². The molecule has 0 unspecified atom stereocenters. The maximum atomic E-state index is 12.0. The van der Waals surface area contributed by atoms with E-state index in [0.717, 1.165) is 49.7 Å². The van der Waals surface area contributed by atoms with E-state index in [-0.39, 0.29) is 11.8 Å². The van der Waals surface area contributed by atoms with Crippen LogP contribution in [0, 0.1) is 0 Å². The molecule has 0 aliphatic carbocycles. The van der Waals surface area contributed by atoms with Crippen molar-refractivity contribution in [3.8, 4) is 23.0 Å². The third-order valence-electron chi connectivity index (χ3n) is 5.84. The van der Waals surface area contributed by atoms with Gasteiger partial charge >= 0.3 is 0 Å². The molecule has 0 atom stereocenters. The van der Waals surface area contributed by atoms with Gasteiger partial charge in [0, 0.05) is 12.8 Å². The van der Waals surface area contributed by atoms with Gasteiger partial charge in [-0.15, -0.1) is 0 Å². The average molecular weight is 555 g/mol. The summed E-state index contributed by atoms with van der Waals surface area (Å²) in [6.07, 6.45) is 9.53. The highest BCUT2D eigenvalue weighted by molar-refractivity contribution is 5.84. The van der Waals surface area contributed by atoms with Gasteiger partial charge in [0.05, 0.1) is 39.9 Å². The molecule has 2 aromatic carbocycles. The average Bonchev–Trinajstić information content (AvgIpc) is 2.96. The number of benzene rings is 2. The number of nitrogens with zero attached hydrogens (tertiary/aromatic N) is 2. The third kappa shape index (κ3) is 12.2. The van der Waals surface area contributed by atoms with Gasteiger partial charge in [0.1, 0.15) is 0 Å². The summed E-state index contributed by atoms with van der Waals surface area (Å²) in [4.78, 5) is 24.0. The van der Waals surface area contributed by atoms with Gasteiger partial charge in [0.25, 0.3) is 0 Å². The minimum atomic E-state index is -0.116. The van der Waals surface area contributed by atoms with Crippen molar-refractivity contribution in [2.45, 2.75) is 65.2 Å². The molecule has 0 bridgehead atoms. The summed E-state index contributed by atoms with van der Waals surface area (Å²) in [6.45, 7) is 4.92. The minimum absolute atomic E-state index is 0.116. The molecule has 218 valence electrons. The summed E-state index contributed by atoms with van der Waals surface area (Å²) >= 11 is 0. The highest BCUT2D eigenvalue weighted by Gasteiger charge is 2.06. The van der Waals surface area contributed by atoms with Crippen LogP contribution < -0.4 is 29.8 Å². The Balaban J connectivity index is 1.53. The first-order valence-electron chi connectivity index (χ1n) is 13.8. The van der Waals surface area contributed by atoms with Gasteiger partial charge in [-0.25, -0.2) is 10.9 Å². The van der Waals surface area contributed by atoms with Crippen molar-refractivity contribution < 1.29 is 28.5 Å². The molecule has 0 aromatic heterocycles. The number of carbonyl (C=O) groups excluding carboxylic acids is 2. The van der Waals surface area contributed by atoms with Crippen molar-refractivity contribution in [2.24, 2.45) is 10.2 Å². The van der Waals surface area contributed by atoms with Gasteiger partial charge < -0.3 is 18.9 Å². The van der Waals surface area contributed by atoms with Crippen LogP contribution in [-0.2, 0) is 9.59 Å². The number of carbonyl (C=O) groups is 2. The van der Waals surface area contributed by atoms with Gasteiger partial charge in [-0.05, 0) is 74.2 Å². The number of amides is 2. The Hall–Kier alpha value is -4.08. The van der Waals surface area contributed by atoms with Gasteiger partial charge in [0.15, 0.2) is 23.0 Å². The summed E-state index contributed by atoms with van der Waals surface area (Å²) in [5, 5.41) is 8.05. The van der Waals surface area contributed by atoms with E-state index in [0.29, 0.717) is 49.1 Å². The number of rotatable bonds is 19. The maximum Gasteiger partial charge on any atom is 0.240 e. The summed E-state index contributed by atoms with van der Waals surface area (Å²) in [5.41, 5.74) is 6.73. The zero-order valence-corrected chi connectivity index (χ0v) is 24.0. The Morgan fingerprint density at radius 1 is 0.650 bits per heavy atom. The van der Waals surface area contributed by atoms with Crippen LogP contribution in [0.15, 0.2) is 46.6 Å². The first kappa shape index (κ1) is 32.1. The number of hydrazone groups is 2. The van der Waals surface area contributed by atoms with Crippen molar-refractivity contribution >= 4 is 24.2 Å². The van der Waals surface area contributed by atoms with Crippen LogP contribution in [-0.4, -0.2) is 51.7 Å². The van der Waals surface area contributed by atoms with Crippen molar-refractivity contribution in [3.63, 3.8) is 0 Å². The molecule has 0 saturated heterocycles. The van der Waals surface area contributed by atoms with Crippen LogP contribution >= 0.6 is 0 Å². The Bertz CT molecular complexity index is 1030. The molecule has 10 heteroatoms. The molecule has 0 fully saturated rings. The second kappa shape index (κ2) is 19.1. The van der Waals surface area contributed by atoms with E-state index in [4.69, 9.17) is 18.9 Å². The molecular formula is C30H42N4O6. The second-order valence-corrected chi connectivity index (χ2v) is 8.89. The summed E-state index contributed by atoms with van der Waals surface area (Å²) in [7, 11) is 3.16. The number of methoxy groups -OCH3 is 2. The largest absolute Gasteiger partial charge is 0.493 e. The summed E-state index contributed by atoms with van der Waals surface area (Å²) in [6, 6.07) is 10.9. The number of nitrogens with one attached hydrogen (secondary N) is 2. The van der Waals surface area contributed by atoms with E-state index in [9.17, 15) is 9.59 Å². The normalized spacial score (nSPS) is 11.0. The lowest BCUT2D eigenvalue weighted by Gasteiger charge is -2.09. The smallest absolute Gasteiger partial charge is 0.240 e. The van der Waals surface area contributed by atoms with Gasteiger partial charge in [-0.1, -0.05) is 25.7 Å². The SMILES string of the molecule is CCOc1ccc(C=NNC(=O)CCCCCCCCC(=O)NN=Cc2ccc(OCC)c(OC)c2)cc1OC. The molecule has 0 spiro atoms. The lowest BCUT2D eigenvalue weighted by Crippen LogP contribution is -2.17. The Morgan fingerprint density at radius 2 is 1.05 bits per heavy atom. The predicted molar refractivity (Wildman–Crippen MR) is 157 cm³/mol. The number of hydrogen-bond acceptors (Lipinski definition) is 8. The molecule has 2 aromatic rings. The zero-order chi connectivity index (χ0) is 29.0. The van der Waals surface area contributed by atoms with Crippen LogP contribution in [0.4, 0.5) is 0 Å². The fraction of sp³-hybridized carbons (Fsp3) is 0.467. The van der Waals surface area contributed by atoms with Gasteiger partial charge in [-0.2, -0.15) is 10.2 Å². The molecule has 40 heavy (non-hydrogen) atoms. The fourth-order valence-electron chi connectivity index (χ4n) is 3.83. The first-order chi connectivity index (χ1) is 19.5. The Morgan fingerprint density at radius 3 is 1.43 bits per heavy atom. The quantitative estimate of drug-likeness (QED) is 0.140. The van der Waals surface area contributed by atoms with Crippen molar-refractivity contribution in [1.82, 2.24) is 10.9 Å². The van der Waals surface area contributed by atoms with Crippen molar-refractivity contribution in [2.75, 3.05) is 27.4 Å². The molecule has 0 heterocycles. The van der Waals surface area contributed by atoms with Gasteiger partial charge in [-0.3, -0.25) is 9.59 Å². The van der Waals surface area contributed by atoms with Crippen LogP contribution in [0.1, 0.15) is 76.3 Å². The lowest BCUT2D eigenvalue weighted by molar-refractivity contribution is -0.122. The number of hydrogen-bond donors (Lipinski definition) is 2. The zero-order valence-electron chi connectivity index (χ0n) is 24.0. The molecule has 2 amide bonds. The fourth-order valence-corrected chi connectivity index (χ4v) is 3.83. The number of ether oxygens (including phenoxy) is 4. The molecule has 2 rings (SSSR count). The van der Waals surface area contributed by atoms with Crippen LogP contribution in [0.3, 0.4) is 0 Å². The first-order valence-corrected chi connectivity index (χ1v) is 13.8. The van der Waals surface area contributed by atoms with Crippen molar-refractivity contribution in [3.05, 3.63) is 47.5 Å². The molecule has 0 radical (unpaired) electrons. The maximum absolute atomic E-state index is 12.0. The molecular weight excluding hydrogens is 512 g/mol. The molecule has 0 aliphatic heterocycles. The van der Waals surface area contributed by atoms with E-state index >= 15 is 0 Å². The standard InChI is InChI=1S/C30H42N4O6/c1-5-39-25-17-15-23(19-27(25)37-3)21-31-33-29(35)13-11-9-7-8-10-12-14-30(36)34-32-22-24-16-18-26(40-6-2)28(20-24)38-4/h15-22H,5-14H2,1-4H3,(H,33,35)(H,34,36). The van der Waals surface area contributed by atoms with Gasteiger partial charge in [0.2, 0.25) is 11.8 Å². The highest BCUT2D eigenvalue weighted by Crippen LogP contribution is 2.28. The number of unbranched alkanes of at least 4 members (excludes halogenated alkanes) is 5. The van der Waals surface area contributed by atoms with E-state index in [2.05, 4.69) is 21.1 Å². The van der Waals surface area contributed by atoms with E-state index in [1.54, 1.807) is 38.8 Å². The lowest BCUT2D eigenvalue weighted by atomic mass is 10.1. The summed E-state index contributed by atoms with van der Waals surface area (Å²) < 4.78 is 21.6. The predicted octanol–water partition coefficient (Wildman–Crippen LogP) is 5.22. The van der Waals surface area contributed by atoms with Crippen LogP contribution in [0.2, 0.25) is 0 Å². The Labute approximate surface area is 237 Å². The Kier molecular flexibility index (Phi) is 15.3. The van der Waals surface area contributed by atoms with Crippen LogP contribution in [0.5, 0.6) is 23.0 Å². The summed E-state index contributed by atoms with van der Waals surface area (Å²) in [5.74, 6) is 2.34. The van der Waals surface area contributed by atoms with Crippen LogP contribution in [0.25, 0.3) is 0 Å². The topological polar surface area (TPSA) is 120 Å². The van der Waals surface area contributed by atoms with Crippen molar-refractivity contribution in [1.29, 1.82) is 0 Å². The molecule has 2 N–H and O–H groups in total. The molecule has 0 aliphatic rings.